The third-order valence-corrected chi connectivity index (χ3v) is 2.20. The van der Waals surface area contributed by atoms with Crippen LogP contribution < -0.4 is 5.73 Å². The van der Waals surface area contributed by atoms with Crippen LogP contribution in [-0.2, 0) is 0 Å². The van der Waals surface area contributed by atoms with Crippen molar-refractivity contribution < 1.29 is 37.3 Å². The molecule has 19 heavy (non-hydrogen) atoms. The van der Waals surface area contributed by atoms with Gasteiger partial charge in [-0.2, -0.15) is 22.0 Å². The van der Waals surface area contributed by atoms with Crippen molar-refractivity contribution in [1.82, 2.24) is 0 Å². The van der Waals surface area contributed by atoms with Crippen molar-refractivity contribution in [1.29, 1.82) is 0 Å². The fourth-order valence-corrected chi connectivity index (χ4v) is 1.28. The Labute approximate surface area is 109 Å². The summed E-state index contributed by atoms with van der Waals surface area (Å²) >= 11 is 0. The van der Waals surface area contributed by atoms with Crippen LogP contribution in [-0.4, -0.2) is 27.4 Å². The highest BCUT2D eigenvalue weighted by atomic mass is 35.5. The molecule has 1 atom stereocenters. The van der Waals surface area contributed by atoms with Crippen LogP contribution in [0.4, 0.5) is 22.0 Å². The quantitative estimate of drug-likeness (QED) is 0.632. The third-order valence-electron chi connectivity index (χ3n) is 2.20. The molecule has 0 fully saturated rings. The van der Waals surface area contributed by atoms with E-state index in [1.807, 2.05) is 0 Å². The summed E-state index contributed by atoms with van der Waals surface area (Å²) in [5.41, 5.74) is 3.54. The van der Waals surface area contributed by atoms with Crippen LogP contribution in [0.25, 0.3) is 0 Å². The van der Waals surface area contributed by atoms with E-state index in [2.05, 4.69) is 0 Å². The summed E-state index contributed by atoms with van der Waals surface area (Å²) in [4.78, 5) is 0. The van der Waals surface area contributed by atoms with Gasteiger partial charge in [0.25, 0.3) is 0 Å². The molecule has 0 aromatic heterocycles. The highest BCUT2D eigenvalue weighted by Gasteiger charge is 2.62. The minimum atomic E-state index is -5.94. The largest absolute Gasteiger partial charge is 0.508 e. The predicted molar refractivity (Wildman–Crippen MR) is 56.6 cm³/mol. The van der Waals surface area contributed by atoms with Crippen molar-refractivity contribution >= 4 is 12.4 Å². The Kier molecular flexibility index (Phi) is 4.84. The first kappa shape index (κ1) is 17.5. The normalized spacial score (nSPS) is 13.8. The van der Waals surface area contributed by atoms with Gasteiger partial charge < -0.3 is 21.1 Å². The van der Waals surface area contributed by atoms with Gasteiger partial charge in [0.15, 0.2) is 0 Å². The number of halogens is 6. The topological polar surface area (TPSA) is 86.7 Å². The second-order valence-corrected chi connectivity index (χ2v) is 3.50. The predicted octanol–water partition coefficient (Wildman–Crippen LogP) is 2.42. The number of benzene rings is 1. The zero-order valence-corrected chi connectivity index (χ0v) is 9.77. The van der Waals surface area contributed by atoms with E-state index >= 15 is 0 Å². The average Bonchev–Trinajstić information content (AvgIpc) is 2.13. The number of nitrogens with two attached hydrogens (primary N) is 1. The monoisotopic (exact) mass is 309 g/mol. The zero-order valence-electron chi connectivity index (χ0n) is 8.95. The molecule has 0 radical (unpaired) electrons. The SMILES string of the molecule is Cl.N[C@H](c1c(O)cc(O)cc1O)C(F)(F)C(F)(F)F. The Morgan fingerprint density at radius 1 is 0.947 bits per heavy atom. The summed E-state index contributed by atoms with van der Waals surface area (Å²) in [6.07, 6.45) is -5.94. The Balaban J connectivity index is 0.00000324. The van der Waals surface area contributed by atoms with Gasteiger partial charge in [-0.1, -0.05) is 0 Å². The van der Waals surface area contributed by atoms with Crippen LogP contribution in [0.2, 0.25) is 0 Å². The first-order valence-corrected chi connectivity index (χ1v) is 4.43. The molecule has 0 unspecified atom stereocenters. The van der Waals surface area contributed by atoms with Crippen LogP contribution in [0.1, 0.15) is 11.6 Å². The minimum Gasteiger partial charge on any atom is -0.508 e. The second-order valence-electron chi connectivity index (χ2n) is 3.50. The van der Waals surface area contributed by atoms with Crippen LogP contribution >= 0.6 is 12.4 Å². The fourth-order valence-electron chi connectivity index (χ4n) is 1.28. The molecule has 1 aromatic carbocycles. The van der Waals surface area contributed by atoms with Gasteiger partial charge >= 0.3 is 12.1 Å². The van der Waals surface area contributed by atoms with Gasteiger partial charge in [0.1, 0.15) is 23.3 Å². The maximum Gasteiger partial charge on any atom is 0.455 e. The zero-order chi connectivity index (χ0) is 14.3. The molecule has 1 aromatic rings. The van der Waals surface area contributed by atoms with Gasteiger partial charge in [-0.15, -0.1) is 12.4 Å². The molecular formula is C9H9ClF5NO3. The first-order valence-electron chi connectivity index (χ1n) is 4.43. The molecule has 0 bridgehead atoms. The number of aromatic hydroxyl groups is 3. The average molecular weight is 310 g/mol. The molecule has 0 aliphatic rings. The number of phenols is 3. The van der Waals surface area contributed by atoms with Gasteiger partial charge in [0.05, 0.1) is 5.56 Å². The lowest BCUT2D eigenvalue weighted by Crippen LogP contribution is -2.45. The lowest BCUT2D eigenvalue weighted by molar-refractivity contribution is -0.291. The number of alkyl halides is 5. The molecule has 5 N–H and O–H groups in total. The molecule has 0 spiro atoms. The van der Waals surface area contributed by atoms with Crippen molar-refractivity contribution in [2.75, 3.05) is 0 Å². The van der Waals surface area contributed by atoms with Crippen LogP contribution in [0.3, 0.4) is 0 Å². The smallest absolute Gasteiger partial charge is 0.455 e. The van der Waals surface area contributed by atoms with E-state index in [4.69, 9.17) is 10.8 Å². The van der Waals surface area contributed by atoms with Crippen molar-refractivity contribution in [2.24, 2.45) is 5.73 Å². The molecule has 1 rings (SSSR count). The number of rotatable bonds is 2. The highest BCUT2D eigenvalue weighted by Crippen LogP contribution is 2.48. The third kappa shape index (κ3) is 3.10. The summed E-state index contributed by atoms with van der Waals surface area (Å²) in [6, 6.07) is -2.03. The Morgan fingerprint density at radius 3 is 1.63 bits per heavy atom. The maximum atomic E-state index is 12.9. The Hall–Kier alpha value is -1.48. The summed E-state index contributed by atoms with van der Waals surface area (Å²) in [7, 11) is 0. The van der Waals surface area contributed by atoms with Crippen LogP contribution in [0, 0.1) is 0 Å². The molecule has 110 valence electrons. The lowest BCUT2D eigenvalue weighted by atomic mass is 9.98. The van der Waals surface area contributed by atoms with Gasteiger partial charge in [-0.25, -0.2) is 0 Å². The van der Waals surface area contributed by atoms with E-state index in [-0.39, 0.29) is 12.4 Å². The summed E-state index contributed by atoms with van der Waals surface area (Å²) in [5.74, 6) is -8.39. The van der Waals surface area contributed by atoms with Crippen LogP contribution in [0.15, 0.2) is 12.1 Å². The minimum absolute atomic E-state index is 0. The van der Waals surface area contributed by atoms with E-state index in [0.717, 1.165) is 0 Å². The number of phenolic OH excluding ortho intramolecular Hbond substituents is 3. The maximum absolute atomic E-state index is 12.9. The Morgan fingerprint density at radius 2 is 1.32 bits per heavy atom. The highest BCUT2D eigenvalue weighted by molar-refractivity contribution is 5.85. The van der Waals surface area contributed by atoms with Crippen LogP contribution in [0.5, 0.6) is 17.2 Å². The molecule has 0 aliphatic carbocycles. The van der Waals surface area contributed by atoms with E-state index in [1.165, 1.54) is 0 Å². The van der Waals surface area contributed by atoms with E-state index in [9.17, 15) is 32.2 Å². The standard InChI is InChI=1S/C9H8F5NO3.ClH/c10-8(11,9(12,13)14)7(15)6-4(17)1-3(16)2-5(6)18;/h1-2,7,16-18H,15H2;1H/t7-;/m1./s1. The van der Waals surface area contributed by atoms with E-state index in [0.29, 0.717) is 12.1 Å². The fraction of sp³-hybridized carbons (Fsp3) is 0.333. The number of hydrogen-bond acceptors (Lipinski definition) is 4. The first-order chi connectivity index (χ1) is 7.98. The molecule has 0 saturated heterocycles. The van der Waals surface area contributed by atoms with Gasteiger partial charge in [0.2, 0.25) is 0 Å². The molecule has 10 heteroatoms. The van der Waals surface area contributed by atoms with E-state index < -0.39 is 41.0 Å². The molecular weight excluding hydrogens is 301 g/mol. The second kappa shape index (κ2) is 5.25. The Bertz CT molecular complexity index is 443. The number of hydrogen-bond donors (Lipinski definition) is 4. The molecule has 0 saturated carbocycles. The van der Waals surface area contributed by atoms with Crippen molar-refractivity contribution in [3.8, 4) is 17.2 Å². The van der Waals surface area contributed by atoms with E-state index in [1.54, 1.807) is 0 Å². The molecule has 0 amide bonds. The van der Waals surface area contributed by atoms with Crippen molar-refractivity contribution in [3.63, 3.8) is 0 Å². The molecule has 0 aliphatic heterocycles. The van der Waals surface area contributed by atoms with Gasteiger partial charge in [-0.3, -0.25) is 0 Å². The van der Waals surface area contributed by atoms with Crippen molar-refractivity contribution in [2.45, 2.75) is 18.1 Å². The van der Waals surface area contributed by atoms with Gasteiger partial charge in [0, 0.05) is 12.1 Å². The summed E-state index contributed by atoms with van der Waals surface area (Å²) in [6.45, 7) is 0. The van der Waals surface area contributed by atoms with Crippen molar-refractivity contribution in [3.05, 3.63) is 17.7 Å². The summed E-state index contributed by atoms with van der Waals surface area (Å²) < 4.78 is 62.1. The molecule has 4 nitrogen and oxygen atoms in total. The summed E-state index contributed by atoms with van der Waals surface area (Å²) in [5, 5.41) is 27.2. The molecule has 0 heterocycles. The van der Waals surface area contributed by atoms with Gasteiger partial charge in [-0.05, 0) is 0 Å². The lowest BCUT2D eigenvalue weighted by Gasteiger charge is -2.26.